The molecule has 17 heavy (non-hydrogen) atoms. The first-order valence-electron chi connectivity index (χ1n) is 6.37. The molecule has 1 saturated carbocycles. The molecule has 1 aromatic rings. The Morgan fingerprint density at radius 2 is 2.00 bits per heavy atom. The Morgan fingerprint density at radius 1 is 1.35 bits per heavy atom. The Kier molecular flexibility index (Phi) is 4.02. The van der Waals surface area contributed by atoms with Crippen molar-refractivity contribution in [3.05, 3.63) is 29.8 Å². The summed E-state index contributed by atoms with van der Waals surface area (Å²) in [4.78, 5) is 0. The molecule has 1 aliphatic carbocycles. The van der Waals surface area contributed by atoms with Gasteiger partial charge in [0.1, 0.15) is 5.75 Å². The molecule has 0 heterocycles. The predicted molar refractivity (Wildman–Crippen MR) is 68.1 cm³/mol. The molecule has 2 unspecified atom stereocenters. The maximum atomic E-state index is 10.2. The molecule has 1 fully saturated rings. The Bertz CT molecular complexity index is 346. The van der Waals surface area contributed by atoms with Crippen LogP contribution in [0.25, 0.3) is 0 Å². The largest absolute Gasteiger partial charge is 0.494 e. The Hall–Kier alpha value is -1.06. The fraction of sp³-hybridized carbons (Fsp3) is 0.571. The SMILES string of the molecule is CCOc1ccc(C(CN)C(O)C2CC2)cc1. The Balaban J connectivity index is 2.07. The van der Waals surface area contributed by atoms with E-state index in [-0.39, 0.29) is 12.0 Å². The number of nitrogens with two attached hydrogens (primary N) is 1. The van der Waals surface area contributed by atoms with E-state index in [9.17, 15) is 5.11 Å². The molecule has 3 N–H and O–H groups in total. The molecule has 0 saturated heterocycles. The number of aliphatic hydroxyl groups excluding tert-OH is 1. The number of hydrogen-bond donors (Lipinski definition) is 2. The van der Waals surface area contributed by atoms with Gasteiger partial charge in [0, 0.05) is 12.5 Å². The molecular weight excluding hydrogens is 214 g/mol. The highest BCUT2D eigenvalue weighted by Crippen LogP contribution is 2.38. The van der Waals surface area contributed by atoms with Crippen molar-refractivity contribution in [2.75, 3.05) is 13.2 Å². The van der Waals surface area contributed by atoms with Crippen molar-refractivity contribution in [2.45, 2.75) is 31.8 Å². The third-order valence-corrected chi connectivity index (χ3v) is 3.39. The van der Waals surface area contributed by atoms with Crippen LogP contribution in [0.3, 0.4) is 0 Å². The second-order valence-corrected chi connectivity index (χ2v) is 4.67. The van der Waals surface area contributed by atoms with E-state index in [4.69, 9.17) is 10.5 Å². The second-order valence-electron chi connectivity index (χ2n) is 4.67. The third kappa shape index (κ3) is 2.99. The summed E-state index contributed by atoms with van der Waals surface area (Å²) in [5.74, 6) is 1.38. The molecule has 0 aromatic heterocycles. The molecule has 1 aromatic carbocycles. The van der Waals surface area contributed by atoms with Crippen LogP contribution in [-0.2, 0) is 0 Å². The highest BCUT2D eigenvalue weighted by atomic mass is 16.5. The average molecular weight is 235 g/mol. The molecule has 0 radical (unpaired) electrons. The van der Waals surface area contributed by atoms with E-state index in [1.54, 1.807) is 0 Å². The van der Waals surface area contributed by atoms with Gasteiger partial charge in [-0.25, -0.2) is 0 Å². The summed E-state index contributed by atoms with van der Waals surface area (Å²) in [5.41, 5.74) is 6.88. The molecule has 2 atom stereocenters. The lowest BCUT2D eigenvalue weighted by molar-refractivity contribution is 0.123. The molecule has 0 bridgehead atoms. The average Bonchev–Trinajstić information content (AvgIpc) is 3.16. The number of rotatable bonds is 6. The molecule has 0 amide bonds. The maximum absolute atomic E-state index is 10.2. The lowest BCUT2D eigenvalue weighted by atomic mass is 9.91. The van der Waals surface area contributed by atoms with Crippen LogP contribution in [0.4, 0.5) is 0 Å². The van der Waals surface area contributed by atoms with Crippen molar-refractivity contribution in [3.8, 4) is 5.75 Å². The molecule has 3 nitrogen and oxygen atoms in total. The van der Waals surface area contributed by atoms with Crippen LogP contribution in [-0.4, -0.2) is 24.4 Å². The summed E-state index contributed by atoms with van der Waals surface area (Å²) in [5, 5.41) is 10.2. The van der Waals surface area contributed by atoms with Gasteiger partial charge >= 0.3 is 0 Å². The predicted octanol–water partition coefficient (Wildman–Crippen LogP) is 1.90. The van der Waals surface area contributed by atoms with Crippen LogP contribution in [0.15, 0.2) is 24.3 Å². The lowest BCUT2D eigenvalue weighted by Crippen LogP contribution is -2.27. The fourth-order valence-corrected chi connectivity index (χ4v) is 2.22. The topological polar surface area (TPSA) is 55.5 Å². The third-order valence-electron chi connectivity index (χ3n) is 3.39. The van der Waals surface area contributed by atoms with Crippen molar-refractivity contribution in [2.24, 2.45) is 11.7 Å². The van der Waals surface area contributed by atoms with Crippen molar-refractivity contribution >= 4 is 0 Å². The highest BCUT2D eigenvalue weighted by molar-refractivity contribution is 5.30. The first-order valence-corrected chi connectivity index (χ1v) is 6.37. The maximum Gasteiger partial charge on any atom is 0.119 e. The van der Waals surface area contributed by atoms with Gasteiger partial charge in [-0.1, -0.05) is 12.1 Å². The van der Waals surface area contributed by atoms with Gasteiger partial charge < -0.3 is 15.6 Å². The quantitative estimate of drug-likeness (QED) is 0.791. The zero-order chi connectivity index (χ0) is 12.3. The van der Waals surface area contributed by atoms with Gasteiger partial charge in [0.2, 0.25) is 0 Å². The van der Waals surface area contributed by atoms with Crippen molar-refractivity contribution in [3.63, 3.8) is 0 Å². The molecule has 1 aliphatic rings. The minimum absolute atomic E-state index is 0.0539. The first-order chi connectivity index (χ1) is 8.26. The van der Waals surface area contributed by atoms with Crippen molar-refractivity contribution in [1.29, 1.82) is 0 Å². The van der Waals surface area contributed by atoms with E-state index in [1.165, 1.54) is 0 Å². The standard InChI is InChI=1S/C14H21NO2/c1-2-17-12-7-5-10(6-8-12)13(9-15)14(16)11-3-4-11/h5-8,11,13-14,16H,2-4,9,15H2,1H3. The fourth-order valence-electron chi connectivity index (χ4n) is 2.22. The molecule has 3 heteroatoms. The first kappa shape index (κ1) is 12.4. The summed E-state index contributed by atoms with van der Waals surface area (Å²) in [6.07, 6.45) is 1.97. The van der Waals surface area contributed by atoms with Gasteiger partial charge in [-0.05, 0) is 43.4 Å². The van der Waals surface area contributed by atoms with E-state index >= 15 is 0 Å². The molecule has 2 rings (SSSR count). The summed E-state index contributed by atoms with van der Waals surface area (Å²) in [6.45, 7) is 3.13. The van der Waals surface area contributed by atoms with Gasteiger partial charge in [-0.2, -0.15) is 0 Å². The van der Waals surface area contributed by atoms with Gasteiger partial charge in [0.05, 0.1) is 12.7 Å². The second kappa shape index (κ2) is 5.52. The van der Waals surface area contributed by atoms with Crippen LogP contribution in [0.2, 0.25) is 0 Å². The molecular formula is C14H21NO2. The Morgan fingerprint density at radius 3 is 2.47 bits per heavy atom. The number of aliphatic hydroxyl groups is 1. The van der Waals surface area contributed by atoms with Gasteiger partial charge in [-0.15, -0.1) is 0 Å². The number of ether oxygens (including phenoxy) is 1. The Labute approximate surface area is 103 Å². The molecule has 94 valence electrons. The minimum atomic E-state index is -0.294. The van der Waals surface area contributed by atoms with Gasteiger partial charge in [0.25, 0.3) is 0 Å². The van der Waals surface area contributed by atoms with Gasteiger partial charge in [0.15, 0.2) is 0 Å². The monoisotopic (exact) mass is 235 g/mol. The summed E-state index contributed by atoms with van der Waals surface area (Å²) >= 11 is 0. The number of hydrogen-bond acceptors (Lipinski definition) is 3. The summed E-state index contributed by atoms with van der Waals surface area (Å²) < 4.78 is 5.40. The minimum Gasteiger partial charge on any atom is -0.494 e. The van der Waals surface area contributed by atoms with Crippen LogP contribution >= 0.6 is 0 Å². The smallest absolute Gasteiger partial charge is 0.119 e. The van der Waals surface area contributed by atoms with E-state index in [1.807, 2.05) is 31.2 Å². The normalized spacial score (nSPS) is 18.8. The van der Waals surface area contributed by atoms with Crippen LogP contribution in [0, 0.1) is 5.92 Å². The number of benzene rings is 1. The van der Waals surface area contributed by atoms with E-state index in [2.05, 4.69) is 0 Å². The lowest BCUT2D eigenvalue weighted by Gasteiger charge is -2.21. The van der Waals surface area contributed by atoms with Crippen LogP contribution < -0.4 is 10.5 Å². The van der Waals surface area contributed by atoms with Crippen molar-refractivity contribution < 1.29 is 9.84 Å². The molecule has 0 spiro atoms. The van der Waals surface area contributed by atoms with E-state index in [0.717, 1.165) is 24.2 Å². The van der Waals surface area contributed by atoms with E-state index in [0.29, 0.717) is 19.1 Å². The zero-order valence-corrected chi connectivity index (χ0v) is 10.3. The summed E-state index contributed by atoms with van der Waals surface area (Å²) in [6, 6.07) is 7.91. The highest BCUT2D eigenvalue weighted by Gasteiger charge is 2.35. The molecule has 0 aliphatic heterocycles. The van der Waals surface area contributed by atoms with Gasteiger partial charge in [-0.3, -0.25) is 0 Å². The summed E-state index contributed by atoms with van der Waals surface area (Å²) in [7, 11) is 0. The van der Waals surface area contributed by atoms with Crippen LogP contribution in [0.1, 0.15) is 31.2 Å². The zero-order valence-electron chi connectivity index (χ0n) is 10.3. The van der Waals surface area contributed by atoms with Crippen molar-refractivity contribution in [1.82, 2.24) is 0 Å². The van der Waals surface area contributed by atoms with E-state index < -0.39 is 0 Å². The van der Waals surface area contributed by atoms with Crippen LogP contribution in [0.5, 0.6) is 5.75 Å².